The molecule has 0 aromatic rings. The van der Waals surface area contributed by atoms with Crippen molar-refractivity contribution in [1.82, 2.24) is 0 Å². The molecule has 0 aliphatic rings. The molecule has 0 rings (SSSR count). The summed E-state index contributed by atoms with van der Waals surface area (Å²) < 4.78 is 0. The molecule has 0 aromatic carbocycles. The summed E-state index contributed by atoms with van der Waals surface area (Å²) in [5.74, 6) is 0.0843. The van der Waals surface area contributed by atoms with Gasteiger partial charge in [0.2, 0.25) is 0 Å². The van der Waals surface area contributed by atoms with Crippen molar-refractivity contribution in [1.29, 1.82) is 0 Å². The predicted molar refractivity (Wildman–Crippen MR) is 48.6 cm³/mol. The number of hydrogen-bond acceptors (Lipinski definition) is 2. The summed E-state index contributed by atoms with van der Waals surface area (Å²) in [6.45, 7) is 5.57. The number of unbranched alkanes of at least 4 members (excludes halogenated alkanes) is 1. The van der Waals surface area contributed by atoms with Crippen molar-refractivity contribution in [2.45, 2.75) is 32.6 Å². The van der Waals surface area contributed by atoms with Crippen molar-refractivity contribution in [2.75, 3.05) is 0 Å². The second-order valence-electron chi connectivity index (χ2n) is 3.29. The van der Waals surface area contributed by atoms with Gasteiger partial charge in [-0.15, -0.1) is 0 Å². The van der Waals surface area contributed by atoms with Crippen LogP contribution in [0.5, 0.6) is 0 Å². The van der Waals surface area contributed by atoms with E-state index in [9.17, 15) is 9.59 Å². The summed E-state index contributed by atoms with van der Waals surface area (Å²) in [5, 5.41) is 0. The summed E-state index contributed by atoms with van der Waals surface area (Å²) in [5.41, 5.74) is 0. The summed E-state index contributed by atoms with van der Waals surface area (Å²) in [6, 6.07) is 0. The molecular formula is C10H17O2. The molecule has 0 fully saturated rings. The Hall–Kier alpha value is -0.660. The molecule has 2 unspecified atom stereocenters. The first-order valence-electron chi connectivity index (χ1n) is 4.44. The van der Waals surface area contributed by atoms with Crippen LogP contribution in [0, 0.1) is 18.8 Å². The maximum Gasteiger partial charge on any atom is 0.123 e. The van der Waals surface area contributed by atoms with Crippen LogP contribution in [0.1, 0.15) is 32.6 Å². The van der Waals surface area contributed by atoms with E-state index in [4.69, 9.17) is 0 Å². The highest BCUT2D eigenvalue weighted by Gasteiger charge is 2.01. The van der Waals surface area contributed by atoms with Gasteiger partial charge in [-0.1, -0.05) is 19.8 Å². The van der Waals surface area contributed by atoms with Crippen LogP contribution in [0.2, 0.25) is 0 Å². The monoisotopic (exact) mass is 169 g/mol. The molecule has 0 heterocycles. The van der Waals surface area contributed by atoms with Crippen LogP contribution in [0.25, 0.3) is 0 Å². The molecule has 0 saturated heterocycles. The minimum Gasteiger partial charge on any atom is -0.303 e. The Morgan fingerprint density at radius 3 is 2.25 bits per heavy atom. The Morgan fingerprint density at radius 1 is 1.17 bits per heavy atom. The first-order chi connectivity index (χ1) is 5.70. The molecule has 2 atom stereocenters. The van der Waals surface area contributed by atoms with Gasteiger partial charge >= 0.3 is 0 Å². The molecule has 0 amide bonds. The summed E-state index contributed by atoms with van der Waals surface area (Å²) in [4.78, 5) is 20.4. The molecule has 69 valence electrons. The van der Waals surface area contributed by atoms with Crippen molar-refractivity contribution in [2.24, 2.45) is 11.8 Å². The molecule has 2 nitrogen and oxygen atoms in total. The number of rotatable bonds is 7. The lowest BCUT2D eigenvalue weighted by Crippen LogP contribution is -1.98. The fourth-order valence-electron chi connectivity index (χ4n) is 1.01. The normalized spacial score (nSPS) is 15.2. The van der Waals surface area contributed by atoms with E-state index in [1.165, 1.54) is 0 Å². The highest BCUT2D eigenvalue weighted by atomic mass is 16.1. The Balaban J connectivity index is 3.20. The first-order valence-corrected chi connectivity index (χ1v) is 4.44. The van der Waals surface area contributed by atoms with Crippen molar-refractivity contribution in [3.05, 3.63) is 6.92 Å². The summed E-state index contributed by atoms with van der Waals surface area (Å²) >= 11 is 0. The van der Waals surface area contributed by atoms with E-state index in [1.807, 2.05) is 6.92 Å². The molecule has 2 heteroatoms. The number of hydrogen-bond donors (Lipinski definition) is 0. The Kier molecular flexibility index (Phi) is 6.63. The third kappa shape index (κ3) is 6.08. The Morgan fingerprint density at radius 2 is 1.75 bits per heavy atom. The lowest BCUT2D eigenvalue weighted by molar-refractivity contribution is -0.111. The van der Waals surface area contributed by atoms with E-state index in [2.05, 4.69) is 6.92 Å². The predicted octanol–water partition coefficient (Wildman–Crippen LogP) is 2.03. The zero-order valence-electron chi connectivity index (χ0n) is 7.66. The fraction of sp³-hybridized carbons (Fsp3) is 0.700. The zero-order valence-corrected chi connectivity index (χ0v) is 7.66. The van der Waals surface area contributed by atoms with Gasteiger partial charge in [-0.2, -0.15) is 0 Å². The van der Waals surface area contributed by atoms with Gasteiger partial charge in [-0.05, 0) is 19.8 Å². The smallest absolute Gasteiger partial charge is 0.123 e. The molecule has 0 aliphatic carbocycles. The van der Waals surface area contributed by atoms with E-state index < -0.39 is 0 Å². The van der Waals surface area contributed by atoms with Crippen molar-refractivity contribution in [3.63, 3.8) is 0 Å². The van der Waals surface area contributed by atoms with Crippen LogP contribution in [-0.2, 0) is 9.59 Å². The Bertz CT molecular complexity index is 116. The summed E-state index contributed by atoms with van der Waals surface area (Å²) in [7, 11) is 0. The van der Waals surface area contributed by atoms with E-state index in [-0.39, 0.29) is 11.8 Å². The molecule has 0 aromatic heterocycles. The molecule has 0 spiro atoms. The molecule has 0 bridgehead atoms. The minimum absolute atomic E-state index is 0.0727. The third-order valence-electron chi connectivity index (χ3n) is 1.91. The first kappa shape index (κ1) is 11.3. The van der Waals surface area contributed by atoms with Crippen LogP contribution >= 0.6 is 0 Å². The van der Waals surface area contributed by atoms with Gasteiger partial charge in [0, 0.05) is 11.8 Å². The second kappa shape index (κ2) is 7.01. The van der Waals surface area contributed by atoms with Crippen molar-refractivity contribution in [3.8, 4) is 0 Å². The molecular weight excluding hydrogens is 152 g/mol. The van der Waals surface area contributed by atoms with Gasteiger partial charge in [0.1, 0.15) is 12.6 Å². The zero-order chi connectivity index (χ0) is 9.40. The minimum atomic E-state index is -0.0727. The number of carbonyl (C=O) groups excluding carboxylic acids is 2. The molecule has 0 N–H and O–H groups in total. The lowest BCUT2D eigenvalue weighted by Gasteiger charge is -2.04. The second-order valence-corrected chi connectivity index (χ2v) is 3.29. The van der Waals surface area contributed by atoms with Gasteiger partial charge in [0.05, 0.1) is 0 Å². The number of carbonyl (C=O) groups is 2. The maximum absolute atomic E-state index is 10.2. The average Bonchev–Trinajstić information content (AvgIpc) is 2.11. The van der Waals surface area contributed by atoms with E-state index >= 15 is 0 Å². The van der Waals surface area contributed by atoms with Crippen LogP contribution in [0.15, 0.2) is 0 Å². The van der Waals surface area contributed by atoms with Gasteiger partial charge in [-0.25, -0.2) is 0 Å². The van der Waals surface area contributed by atoms with Crippen molar-refractivity contribution >= 4 is 12.6 Å². The quantitative estimate of drug-likeness (QED) is 0.431. The largest absolute Gasteiger partial charge is 0.303 e. The van der Waals surface area contributed by atoms with Gasteiger partial charge in [-0.3, -0.25) is 0 Å². The van der Waals surface area contributed by atoms with Gasteiger partial charge in [0.15, 0.2) is 0 Å². The topological polar surface area (TPSA) is 34.1 Å². The van der Waals surface area contributed by atoms with Gasteiger partial charge < -0.3 is 9.59 Å². The lowest BCUT2D eigenvalue weighted by atomic mass is 10.0. The molecule has 0 aliphatic heterocycles. The van der Waals surface area contributed by atoms with Crippen LogP contribution in [-0.4, -0.2) is 12.6 Å². The van der Waals surface area contributed by atoms with E-state index in [0.29, 0.717) is 0 Å². The SMILES string of the molecule is [CH2]C(C=O)CCCCC(C)C=O. The van der Waals surface area contributed by atoms with Crippen LogP contribution in [0.3, 0.4) is 0 Å². The third-order valence-corrected chi connectivity index (χ3v) is 1.91. The highest BCUT2D eigenvalue weighted by Crippen LogP contribution is 2.10. The summed E-state index contributed by atoms with van der Waals surface area (Å²) in [6.07, 6.45) is 5.62. The van der Waals surface area contributed by atoms with Gasteiger partial charge in [0.25, 0.3) is 0 Å². The van der Waals surface area contributed by atoms with E-state index in [0.717, 1.165) is 38.3 Å². The molecule has 0 saturated carbocycles. The average molecular weight is 169 g/mol. The Labute approximate surface area is 74.3 Å². The standard InChI is InChI=1S/C10H17O2/c1-9(7-11)5-3-4-6-10(2)8-12/h7-10H,1,3-6H2,2H3. The van der Waals surface area contributed by atoms with E-state index in [1.54, 1.807) is 0 Å². The maximum atomic E-state index is 10.2. The highest BCUT2D eigenvalue weighted by molar-refractivity contribution is 5.54. The fourth-order valence-corrected chi connectivity index (χ4v) is 1.01. The van der Waals surface area contributed by atoms with Crippen LogP contribution < -0.4 is 0 Å². The molecule has 1 radical (unpaired) electrons. The molecule has 12 heavy (non-hydrogen) atoms. The van der Waals surface area contributed by atoms with Crippen molar-refractivity contribution < 1.29 is 9.59 Å². The number of aldehydes is 2. The van der Waals surface area contributed by atoms with Crippen LogP contribution in [0.4, 0.5) is 0 Å².